The zero-order valence-corrected chi connectivity index (χ0v) is 25.2. The molecule has 0 amide bonds. The molecule has 0 saturated heterocycles. The van der Waals surface area contributed by atoms with E-state index in [0.717, 1.165) is 0 Å². The fourth-order valence-corrected chi connectivity index (χ4v) is 4.11. The van der Waals surface area contributed by atoms with Crippen molar-refractivity contribution >= 4 is 10.8 Å². The molecular weight excluding hydrogens is 539 g/mol. The van der Waals surface area contributed by atoms with Gasteiger partial charge in [-0.2, -0.15) is 24.3 Å². The molecule has 0 bridgehead atoms. The van der Waals surface area contributed by atoms with Crippen LogP contribution in [0.2, 0.25) is 0 Å². The first-order valence-electron chi connectivity index (χ1n) is 9.96. The van der Waals surface area contributed by atoms with Crippen LogP contribution in [0.5, 0.6) is 0 Å². The molecule has 0 aliphatic heterocycles. The van der Waals surface area contributed by atoms with Crippen LogP contribution >= 0.6 is 0 Å². The van der Waals surface area contributed by atoms with Crippen LogP contribution in [0.25, 0.3) is 10.8 Å². The topological polar surface area (TPSA) is 0 Å². The summed E-state index contributed by atoms with van der Waals surface area (Å²) in [5.74, 6) is 0. The molecule has 31 heavy (non-hydrogen) atoms. The monoisotopic (exact) mass is 587 g/mol. The zero-order valence-electron chi connectivity index (χ0n) is 21.6. The van der Waals surface area contributed by atoms with E-state index in [9.17, 15) is 0 Å². The SMILES string of the molecule is CCCCCC[c-]1ccc2cc3c(cc21)CC(C)(C)C3.[CH3-].[CH3-].[CH3-].[CH3-].[CH3-].[Hf].c1cc[cH-]c1. The first kappa shape index (κ1) is 37.4. The summed E-state index contributed by atoms with van der Waals surface area (Å²) < 4.78 is 0. The maximum Gasteiger partial charge on any atom is 0 e. The van der Waals surface area contributed by atoms with Gasteiger partial charge in [0, 0.05) is 25.8 Å². The molecule has 1 heteroatoms. The molecule has 0 aromatic heterocycles. The second kappa shape index (κ2) is 17.6. The van der Waals surface area contributed by atoms with Gasteiger partial charge in [-0.3, -0.25) is 0 Å². The number of fused-ring (bicyclic) bond motifs is 2. The van der Waals surface area contributed by atoms with Gasteiger partial charge in [0.15, 0.2) is 0 Å². The fourth-order valence-electron chi connectivity index (χ4n) is 4.11. The summed E-state index contributed by atoms with van der Waals surface area (Å²) in [4.78, 5) is 0. The maximum absolute atomic E-state index is 2.49. The van der Waals surface area contributed by atoms with E-state index < -0.39 is 0 Å². The summed E-state index contributed by atoms with van der Waals surface area (Å²) in [6.07, 6.45) is 9.17. The summed E-state index contributed by atoms with van der Waals surface area (Å²) in [7, 11) is 0. The van der Waals surface area contributed by atoms with E-state index in [1.54, 1.807) is 16.7 Å². The van der Waals surface area contributed by atoms with Crippen molar-refractivity contribution in [2.45, 2.75) is 65.7 Å². The van der Waals surface area contributed by atoms with E-state index in [0.29, 0.717) is 5.41 Å². The predicted octanol–water partition coefficient (Wildman–Crippen LogP) is 9.46. The Labute approximate surface area is 215 Å². The molecule has 0 radical (unpaired) electrons. The van der Waals surface area contributed by atoms with Gasteiger partial charge in [0.05, 0.1) is 0 Å². The van der Waals surface area contributed by atoms with Crippen molar-refractivity contribution < 1.29 is 25.8 Å². The van der Waals surface area contributed by atoms with Crippen molar-refractivity contribution in [3.63, 3.8) is 0 Å². The average Bonchev–Trinajstić information content (AvgIpc) is 3.29. The molecule has 178 valence electrons. The smallest absolute Gasteiger partial charge is 0 e. The van der Waals surface area contributed by atoms with Gasteiger partial charge in [-0.25, -0.2) is 12.1 Å². The molecule has 0 spiro atoms. The van der Waals surface area contributed by atoms with E-state index >= 15 is 0 Å². The first-order valence-corrected chi connectivity index (χ1v) is 9.96. The second-order valence-electron chi connectivity index (χ2n) is 8.36. The van der Waals surface area contributed by atoms with Crippen molar-refractivity contribution in [2.24, 2.45) is 5.41 Å². The van der Waals surface area contributed by atoms with E-state index in [-0.39, 0.29) is 63.0 Å². The van der Waals surface area contributed by atoms with Crippen LogP contribution in [0.3, 0.4) is 0 Å². The Bertz CT molecular complexity index is 757. The number of hydrogen-bond acceptors (Lipinski definition) is 0. The van der Waals surface area contributed by atoms with Crippen molar-refractivity contribution in [1.29, 1.82) is 0 Å². The van der Waals surface area contributed by atoms with Crippen LogP contribution in [-0.4, -0.2) is 0 Å². The summed E-state index contributed by atoms with van der Waals surface area (Å²) >= 11 is 0. The number of unbranched alkanes of at least 4 members (excludes halogenated alkanes) is 3. The molecule has 0 heterocycles. The first-order chi connectivity index (χ1) is 12.1. The molecule has 1 aliphatic carbocycles. The number of rotatable bonds is 5. The Hall–Kier alpha value is -0.950. The second-order valence-corrected chi connectivity index (χ2v) is 8.36. The number of hydrogen-bond donors (Lipinski definition) is 0. The van der Waals surface area contributed by atoms with E-state index in [1.807, 2.05) is 30.3 Å². The van der Waals surface area contributed by atoms with Crippen molar-refractivity contribution in [2.75, 3.05) is 0 Å². The molecule has 3 aromatic rings. The third kappa shape index (κ3) is 10.5. The zero-order chi connectivity index (χ0) is 17.7. The van der Waals surface area contributed by atoms with Gasteiger partial charge in [0.25, 0.3) is 0 Å². The molecule has 3 aromatic carbocycles. The molecule has 0 atom stereocenters. The van der Waals surface area contributed by atoms with Crippen LogP contribution in [0.1, 0.15) is 63.1 Å². The minimum atomic E-state index is 0. The number of benzene rings is 1. The van der Waals surface area contributed by atoms with Gasteiger partial charge in [-0.05, 0) is 18.3 Å². The summed E-state index contributed by atoms with van der Waals surface area (Å²) in [6, 6.07) is 19.6. The standard InChI is InChI=1S/C20H27.C5H5.5CH3.Hf/c1-4-5-6-7-8-15-9-10-16-11-17-13-20(2,3)14-18(17)12-19(15)16;1-2-4-5-3-1;;;;;;/h9-12H,4-8,13-14H2,1-3H3;1-5H;5*1H3;/q7*-1;. The largest absolute Gasteiger partial charge is 0.358 e. The molecule has 0 saturated carbocycles. The van der Waals surface area contributed by atoms with Crippen molar-refractivity contribution in [3.8, 4) is 0 Å². The van der Waals surface area contributed by atoms with Gasteiger partial charge in [0.1, 0.15) is 0 Å². The van der Waals surface area contributed by atoms with E-state index in [2.05, 4.69) is 45.0 Å². The van der Waals surface area contributed by atoms with Gasteiger partial charge in [0.2, 0.25) is 0 Å². The van der Waals surface area contributed by atoms with Crippen LogP contribution in [0.4, 0.5) is 0 Å². The quantitative estimate of drug-likeness (QED) is 0.159. The summed E-state index contributed by atoms with van der Waals surface area (Å²) in [5, 5.41) is 2.99. The van der Waals surface area contributed by atoms with Crippen molar-refractivity contribution in [3.05, 3.63) is 108 Å². The fraction of sp³-hybridized carbons (Fsp3) is 0.367. The van der Waals surface area contributed by atoms with E-state index in [1.165, 1.54) is 55.7 Å². The molecule has 0 unspecified atom stereocenters. The normalized spacial score (nSPS) is 12.1. The number of aryl methyl sites for hydroxylation is 1. The van der Waals surface area contributed by atoms with Gasteiger partial charge in [-0.15, -0.1) is 34.5 Å². The summed E-state index contributed by atoms with van der Waals surface area (Å²) in [5.41, 5.74) is 5.22. The Kier molecular flexibility index (Phi) is 21.2. The third-order valence-corrected chi connectivity index (χ3v) is 5.38. The Balaban J connectivity index is -0.000000296. The predicted molar refractivity (Wildman–Crippen MR) is 143 cm³/mol. The van der Waals surface area contributed by atoms with Gasteiger partial charge >= 0.3 is 0 Å². The van der Waals surface area contributed by atoms with Gasteiger partial charge in [-0.1, -0.05) is 64.0 Å². The molecule has 4 rings (SSSR count). The molecule has 0 N–H and O–H groups in total. The minimum Gasteiger partial charge on any atom is -0.358 e. The van der Waals surface area contributed by atoms with Crippen LogP contribution in [-0.2, 0) is 45.1 Å². The Morgan fingerprint density at radius 3 is 1.97 bits per heavy atom. The third-order valence-electron chi connectivity index (χ3n) is 5.38. The van der Waals surface area contributed by atoms with Gasteiger partial charge < -0.3 is 37.1 Å². The molecule has 1 aliphatic rings. The molecule has 0 fully saturated rings. The van der Waals surface area contributed by atoms with Crippen LogP contribution in [0, 0.1) is 42.5 Å². The summed E-state index contributed by atoms with van der Waals surface area (Å²) in [6.45, 7) is 7.07. The van der Waals surface area contributed by atoms with Crippen molar-refractivity contribution in [1.82, 2.24) is 0 Å². The maximum atomic E-state index is 2.49. The molecule has 0 nitrogen and oxygen atoms in total. The van der Waals surface area contributed by atoms with Crippen LogP contribution in [0.15, 0.2) is 54.6 Å². The molecular formula is C30H47Hf-7. The Morgan fingerprint density at radius 1 is 0.871 bits per heavy atom. The average molecular weight is 586 g/mol. The van der Waals surface area contributed by atoms with Crippen LogP contribution < -0.4 is 0 Å². The minimum absolute atomic E-state index is 0. The van der Waals surface area contributed by atoms with E-state index in [4.69, 9.17) is 0 Å². The Morgan fingerprint density at radius 2 is 1.45 bits per heavy atom.